The predicted molar refractivity (Wildman–Crippen MR) is 120 cm³/mol. The number of alkyl halides is 3. The van der Waals surface area contributed by atoms with Crippen molar-refractivity contribution in [3.05, 3.63) is 64.3 Å². The first-order valence-electron chi connectivity index (χ1n) is 10.3. The molecule has 0 radical (unpaired) electrons. The van der Waals surface area contributed by atoms with Crippen molar-refractivity contribution in [3.8, 4) is 5.75 Å². The van der Waals surface area contributed by atoms with E-state index in [-0.39, 0.29) is 93.4 Å². The average molecular weight is 585 g/mol. The van der Waals surface area contributed by atoms with Crippen molar-refractivity contribution in [3.63, 3.8) is 0 Å². The predicted octanol–water partition coefficient (Wildman–Crippen LogP) is -2.98. The number of oxazole rings is 1. The number of hydrogen-bond acceptors (Lipinski definition) is 11. The molecule has 0 saturated carbocycles. The van der Waals surface area contributed by atoms with E-state index in [1.165, 1.54) is 37.6 Å². The summed E-state index contributed by atoms with van der Waals surface area (Å²) in [6, 6.07) is 7.48. The van der Waals surface area contributed by atoms with Crippen molar-refractivity contribution >= 4 is 42.1 Å². The van der Waals surface area contributed by atoms with Crippen molar-refractivity contribution in [1.29, 1.82) is 0 Å². The van der Waals surface area contributed by atoms with E-state index in [9.17, 15) is 32.3 Å². The van der Waals surface area contributed by atoms with E-state index < -0.39 is 32.0 Å². The SMILES string of the molecule is COc1cc(Nc2ncc(C)c(Nc3ccc4oc(=O)n(COP(=O)([O-])[O-])c4c3)n2)cc(C(F)(F)F)c1.[Na+].[Na+]. The number of aromatic nitrogens is 3. The van der Waals surface area contributed by atoms with Gasteiger partial charge in [-0.05, 0) is 37.3 Å². The number of phosphoric acid groups is 1. The summed E-state index contributed by atoms with van der Waals surface area (Å²) in [5, 5.41) is 5.70. The van der Waals surface area contributed by atoms with Gasteiger partial charge in [0.1, 0.15) is 18.3 Å². The van der Waals surface area contributed by atoms with Gasteiger partial charge in [-0.15, -0.1) is 0 Å². The third-order valence-corrected chi connectivity index (χ3v) is 5.40. The Kier molecular flexibility index (Phi) is 11.2. The van der Waals surface area contributed by atoms with E-state index in [4.69, 9.17) is 9.15 Å². The Morgan fingerprint density at radius 3 is 2.46 bits per heavy atom. The molecule has 0 aliphatic carbocycles. The molecule has 4 aromatic rings. The molecule has 4 rings (SSSR count). The van der Waals surface area contributed by atoms with Gasteiger partial charge in [-0.25, -0.2) is 14.3 Å². The Morgan fingerprint density at radius 2 is 1.82 bits per heavy atom. The van der Waals surface area contributed by atoms with Gasteiger partial charge in [-0.2, -0.15) is 18.2 Å². The van der Waals surface area contributed by atoms with Crippen LogP contribution in [0.5, 0.6) is 5.75 Å². The first-order valence-corrected chi connectivity index (χ1v) is 11.7. The second-order valence-corrected chi connectivity index (χ2v) is 8.76. The molecular formula is C21H17F3N5Na2O7P. The zero-order valence-electron chi connectivity index (χ0n) is 21.0. The Balaban J connectivity index is 0.00000267. The Bertz CT molecular complexity index is 1580. The zero-order chi connectivity index (χ0) is 27.0. The molecular weight excluding hydrogens is 568 g/mol. The standard InChI is InChI=1S/C21H19F3N5O7P.2Na/c1-11-9-25-19(27-14-5-12(21(22,23)24)6-15(7-14)34-2)28-18(11)26-13-3-4-17-16(8-13)29(20(30)36-17)10-35-37(31,32)33;;/h3-9H,10H2,1-2H3,(H2,31,32,33)(H2,25,26,27,28);;/q;2*+1/p-2. The van der Waals surface area contributed by atoms with Crippen molar-refractivity contribution in [2.24, 2.45) is 0 Å². The minimum atomic E-state index is -5.34. The summed E-state index contributed by atoms with van der Waals surface area (Å²) in [5.41, 5.74) is 0.297. The minimum Gasteiger partial charge on any atom is -0.790 e. The van der Waals surface area contributed by atoms with Crippen LogP contribution < -0.4 is 90.0 Å². The van der Waals surface area contributed by atoms with Crippen LogP contribution in [0.25, 0.3) is 11.1 Å². The van der Waals surface area contributed by atoms with Gasteiger partial charge in [0.05, 0.1) is 26.0 Å². The van der Waals surface area contributed by atoms with Crippen molar-refractivity contribution in [2.45, 2.75) is 19.8 Å². The van der Waals surface area contributed by atoms with Crippen LogP contribution in [0.3, 0.4) is 0 Å². The Labute approximate surface area is 262 Å². The average Bonchev–Trinajstić information content (AvgIpc) is 3.12. The molecule has 2 N–H and O–H groups in total. The van der Waals surface area contributed by atoms with Crippen LogP contribution in [0.1, 0.15) is 11.1 Å². The maximum atomic E-state index is 13.2. The summed E-state index contributed by atoms with van der Waals surface area (Å²) in [6.07, 6.45) is -3.16. The van der Waals surface area contributed by atoms with Crippen LogP contribution in [0.4, 0.5) is 36.3 Å². The molecule has 0 bridgehead atoms. The maximum Gasteiger partial charge on any atom is 1.00 e. The van der Waals surface area contributed by atoms with Gasteiger partial charge in [0.2, 0.25) is 5.95 Å². The van der Waals surface area contributed by atoms with E-state index in [2.05, 4.69) is 25.1 Å². The fourth-order valence-electron chi connectivity index (χ4n) is 3.24. The summed E-state index contributed by atoms with van der Waals surface area (Å²) in [7, 11) is -4.10. The normalized spacial score (nSPS) is 11.5. The van der Waals surface area contributed by atoms with Crippen LogP contribution in [0, 0.1) is 6.92 Å². The fraction of sp³-hybridized carbons (Fsp3) is 0.190. The molecule has 0 amide bonds. The molecule has 0 atom stereocenters. The molecule has 0 fully saturated rings. The zero-order valence-corrected chi connectivity index (χ0v) is 25.9. The number of rotatable bonds is 8. The molecule has 2 heterocycles. The summed E-state index contributed by atoms with van der Waals surface area (Å²) < 4.78 is 65.4. The number of fused-ring (bicyclic) bond motifs is 1. The van der Waals surface area contributed by atoms with Gasteiger partial charge < -0.3 is 38.7 Å². The van der Waals surface area contributed by atoms with Crippen LogP contribution in [0.2, 0.25) is 0 Å². The van der Waals surface area contributed by atoms with Gasteiger partial charge in [-0.3, -0.25) is 0 Å². The van der Waals surface area contributed by atoms with Gasteiger partial charge in [0, 0.05) is 29.2 Å². The molecule has 12 nitrogen and oxygen atoms in total. The quantitative estimate of drug-likeness (QED) is 0.160. The summed E-state index contributed by atoms with van der Waals surface area (Å²) in [6.45, 7) is 0.806. The van der Waals surface area contributed by atoms with E-state index in [0.29, 0.717) is 11.3 Å². The second kappa shape index (κ2) is 13.2. The fourth-order valence-corrected chi connectivity index (χ4v) is 3.49. The first-order chi connectivity index (χ1) is 17.3. The van der Waals surface area contributed by atoms with Crippen LogP contribution in [-0.2, 0) is 22.0 Å². The van der Waals surface area contributed by atoms with Gasteiger partial charge in [0.15, 0.2) is 5.58 Å². The summed E-state index contributed by atoms with van der Waals surface area (Å²) in [5.74, 6) is -0.711. The summed E-state index contributed by atoms with van der Waals surface area (Å²) in [4.78, 5) is 42.0. The van der Waals surface area contributed by atoms with Gasteiger partial charge in [-0.1, -0.05) is 0 Å². The molecule has 39 heavy (non-hydrogen) atoms. The number of nitrogens with zero attached hydrogens (tertiary/aromatic N) is 3. The largest absolute Gasteiger partial charge is 1.00 e. The van der Waals surface area contributed by atoms with Crippen molar-refractivity contribution < 1.29 is 100 Å². The first kappa shape index (κ1) is 33.3. The maximum absolute atomic E-state index is 13.2. The molecule has 2 aromatic carbocycles. The monoisotopic (exact) mass is 585 g/mol. The molecule has 0 unspecified atom stereocenters. The molecule has 0 spiro atoms. The molecule has 0 saturated heterocycles. The van der Waals surface area contributed by atoms with Crippen molar-refractivity contribution in [1.82, 2.24) is 14.5 Å². The smallest absolute Gasteiger partial charge is 0.790 e. The van der Waals surface area contributed by atoms with E-state index in [0.717, 1.165) is 16.7 Å². The molecule has 0 aliphatic rings. The number of ether oxygens (including phenoxy) is 1. The Morgan fingerprint density at radius 1 is 1.10 bits per heavy atom. The van der Waals surface area contributed by atoms with E-state index >= 15 is 0 Å². The molecule has 196 valence electrons. The minimum absolute atomic E-state index is 0. The van der Waals surface area contributed by atoms with E-state index in [1.54, 1.807) is 6.92 Å². The van der Waals surface area contributed by atoms with E-state index in [1.807, 2.05) is 0 Å². The number of halogens is 3. The third-order valence-electron chi connectivity index (χ3n) is 4.97. The number of hydrogen-bond donors (Lipinski definition) is 2. The number of anilines is 4. The molecule has 2 aromatic heterocycles. The van der Waals surface area contributed by atoms with Crippen LogP contribution in [0.15, 0.2) is 51.8 Å². The third kappa shape index (κ3) is 8.54. The second-order valence-electron chi connectivity index (χ2n) is 7.61. The van der Waals surface area contributed by atoms with Crippen LogP contribution in [-0.4, -0.2) is 21.6 Å². The van der Waals surface area contributed by atoms with Gasteiger partial charge in [0.25, 0.3) is 0 Å². The number of phosphoric ester groups is 1. The Hall–Kier alpha value is -1.91. The number of aryl methyl sites for hydroxylation is 1. The molecule has 0 aliphatic heterocycles. The van der Waals surface area contributed by atoms with Gasteiger partial charge >= 0.3 is 71.0 Å². The number of methoxy groups -OCH3 is 1. The van der Waals surface area contributed by atoms with Crippen molar-refractivity contribution in [2.75, 3.05) is 17.7 Å². The number of benzene rings is 2. The molecule has 18 heteroatoms. The van der Waals surface area contributed by atoms with Crippen LogP contribution >= 0.6 is 7.82 Å². The topological polar surface area (TPSA) is 167 Å². The summed E-state index contributed by atoms with van der Waals surface area (Å²) >= 11 is 0. The number of nitrogens with one attached hydrogen (secondary N) is 2.